The number of rotatable bonds is 7. The lowest BCUT2D eigenvalue weighted by atomic mass is 10.0. The molecule has 1 aliphatic heterocycles. The molecule has 4 rings (SSSR count). The van der Waals surface area contributed by atoms with Gasteiger partial charge in [-0.1, -0.05) is 17.7 Å². The summed E-state index contributed by atoms with van der Waals surface area (Å²) in [6.07, 6.45) is 1.99. The number of nitrogens with two attached hydrogens (primary N) is 2. The minimum atomic E-state index is -0.915. The molecule has 3 aromatic rings. The van der Waals surface area contributed by atoms with Crippen molar-refractivity contribution in [2.24, 2.45) is 12.8 Å². The van der Waals surface area contributed by atoms with Gasteiger partial charge in [-0.2, -0.15) is 0 Å². The maximum absolute atomic E-state index is 13.1. The summed E-state index contributed by atoms with van der Waals surface area (Å²) >= 11 is 0. The van der Waals surface area contributed by atoms with E-state index in [2.05, 4.69) is 0 Å². The Morgan fingerprint density at radius 2 is 1.86 bits per heavy atom. The Balaban J connectivity index is 1.56. The molecule has 0 spiro atoms. The number of primary amides is 1. The Labute approximate surface area is 216 Å². The highest BCUT2D eigenvalue weighted by molar-refractivity contribution is 6.01. The molecule has 2 heterocycles. The number of carbonyl (C=O) groups is 3. The van der Waals surface area contributed by atoms with Gasteiger partial charge in [0, 0.05) is 48.6 Å². The molecule has 2 amide bonds. The molecule has 2 aromatic carbocycles. The number of amides is 2. The number of carbonyl (C=O) groups excluding carboxylic acids is 3. The van der Waals surface area contributed by atoms with Gasteiger partial charge in [-0.3, -0.25) is 14.4 Å². The molecular formula is C28H33N5O4. The lowest BCUT2D eigenvalue weighted by molar-refractivity contribution is -0.155. The Morgan fingerprint density at radius 3 is 2.54 bits per heavy atom. The van der Waals surface area contributed by atoms with E-state index in [-0.39, 0.29) is 25.3 Å². The second-order valence-electron chi connectivity index (χ2n) is 10.5. The van der Waals surface area contributed by atoms with Crippen LogP contribution in [0.5, 0.6) is 0 Å². The van der Waals surface area contributed by atoms with E-state index in [9.17, 15) is 14.4 Å². The molecule has 0 saturated carbocycles. The number of nitrogens with zero attached hydrogens (tertiary/aromatic N) is 3. The quantitative estimate of drug-likeness (QED) is 0.374. The molecule has 194 valence electrons. The van der Waals surface area contributed by atoms with Gasteiger partial charge >= 0.3 is 5.97 Å². The second kappa shape index (κ2) is 9.72. The van der Waals surface area contributed by atoms with E-state index < -0.39 is 23.5 Å². The van der Waals surface area contributed by atoms with Gasteiger partial charge in [0.25, 0.3) is 5.91 Å². The van der Waals surface area contributed by atoms with Crippen LogP contribution in [-0.2, 0) is 27.9 Å². The van der Waals surface area contributed by atoms with Gasteiger partial charge in [0.1, 0.15) is 17.5 Å². The molecule has 9 heteroatoms. The molecule has 1 unspecified atom stereocenters. The second-order valence-corrected chi connectivity index (χ2v) is 10.5. The molecule has 9 nitrogen and oxygen atoms in total. The Bertz CT molecular complexity index is 1390. The molecule has 1 aliphatic rings. The number of esters is 1. The first-order chi connectivity index (χ1) is 17.3. The summed E-state index contributed by atoms with van der Waals surface area (Å²) in [6, 6.07) is 10.4. The smallest absolute Gasteiger partial charge is 0.306 e. The first kappa shape index (κ1) is 25.9. The van der Waals surface area contributed by atoms with Crippen LogP contribution in [0.4, 0.5) is 5.69 Å². The third-order valence-corrected chi connectivity index (χ3v) is 6.31. The predicted octanol–water partition coefficient (Wildman–Crippen LogP) is 3.58. The van der Waals surface area contributed by atoms with E-state index in [4.69, 9.17) is 21.2 Å². The van der Waals surface area contributed by atoms with E-state index in [1.54, 1.807) is 26.8 Å². The summed E-state index contributed by atoms with van der Waals surface area (Å²) < 4.78 is 7.25. The number of aromatic nitrogens is 2. The van der Waals surface area contributed by atoms with Gasteiger partial charge in [-0.25, -0.2) is 4.98 Å². The van der Waals surface area contributed by atoms with Crippen LogP contribution in [0, 0.1) is 6.92 Å². The molecule has 0 fully saturated rings. The summed E-state index contributed by atoms with van der Waals surface area (Å²) in [5.74, 6) is -0.644. The molecule has 0 radical (unpaired) electrons. The van der Waals surface area contributed by atoms with Crippen LogP contribution in [0.2, 0.25) is 0 Å². The highest BCUT2D eigenvalue weighted by atomic mass is 16.6. The van der Waals surface area contributed by atoms with Crippen LogP contribution in [-0.4, -0.2) is 43.9 Å². The van der Waals surface area contributed by atoms with Gasteiger partial charge in [-0.15, -0.1) is 0 Å². The number of benzene rings is 2. The average Bonchev–Trinajstić information content (AvgIpc) is 3.34. The first-order valence-electron chi connectivity index (χ1n) is 12.2. The highest BCUT2D eigenvalue weighted by Crippen LogP contribution is 2.33. The van der Waals surface area contributed by atoms with Crippen molar-refractivity contribution < 1.29 is 19.1 Å². The van der Waals surface area contributed by atoms with Crippen LogP contribution in [0.1, 0.15) is 55.1 Å². The van der Waals surface area contributed by atoms with Crippen molar-refractivity contribution in [2.45, 2.75) is 58.7 Å². The van der Waals surface area contributed by atoms with E-state index in [1.165, 1.54) is 4.90 Å². The zero-order chi connectivity index (χ0) is 27.1. The first-order valence-corrected chi connectivity index (χ1v) is 12.2. The summed E-state index contributed by atoms with van der Waals surface area (Å²) in [5, 5.41) is 0. The maximum Gasteiger partial charge on any atom is 0.306 e. The number of imidazole rings is 1. The largest absolute Gasteiger partial charge is 0.460 e. The highest BCUT2D eigenvalue weighted by Gasteiger charge is 2.36. The minimum Gasteiger partial charge on any atom is -0.460 e. The van der Waals surface area contributed by atoms with E-state index >= 15 is 0 Å². The van der Waals surface area contributed by atoms with Crippen molar-refractivity contribution in [3.63, 3.8) is 0 Å². The number of hydrogen-bond donors (Lipinski definition) is 2. The number of fused-ring (bicyclic) bond motifs is 1. The van der Waals surface area contributed by atoms with Gasteiger partial charge in [0.15, 0.2) is 0 Å². The molecule has 0 saturated heterocycles. The average molecular weight is 504 g/mol. The summed E-state index contributed by atoms with van der Waals surface area (Å²) in [7, 11) is 1.91. The summed E-state index contributed by atoms with van der Waals surface area (Å²) in [4.78, 5) is 43.8. The molecule has 0 bridgehead atoms. The van der Waals surface area contributed by atoms with Crippen LogP contribution in [0.15, 0.2) is 42.6 Å². The monoisotopic (exact) mass is 503 g/mol. The molecule has 0 aliphatic carbocycles. The van der Waals surface area contributed by atoms with Gasteiger partial charge in [0.05, 0.1) is 5.69 Å². The molecule has 1 aromatic heterocycles. The van der Waals surface area contributed by atoms with E-state index in [0.717, 1.165) is 33.8 Å². The SMILES string of the molecule is Cc1ccc(N)c(-c2nc(-c3ccc4c(c3)CN(C(CCC(=O)OC(C)(C)C)C(N)=O)C4=O)cn2C)c1. The third-order valence-electron chi connectivity index (χ3n) is 6.31. The number of aryl methyl sites for hydroxylation is 2. The van der Waals surface area contributed by atoms with Gasteiger partial charge in [0.2, 0.25) is 5.91 Å². The van der Waals surface area contributed by atoms with E-state index in [1.807, 2.05) is 55.1 Å². The van der Waals surface area contributed by atoms with Crippen molar-refractivity contribution in [1.29, 1.82) is 0 Å². The summed E-state index contributed by atoms with van der Waals surface area (Å²) in [6.45, 7) is 7.54. The molecule has 1 atom stereocenters. The lowest BCUT2D eigenvalue weighted by Crippen LogP contribution is -2.45. The standard InChI is InChI=1S/C28H33N5O4/c1-16-6-9-21(29)20(12-16)26-31-22(15-32(26)5)17-7-8-19-18(13-17)14-33(27(19)36)23(25(30)35)10-11-24(34)37-28(2,3)4/h6-9,12-13,15,23H,10-11,14,29H2,1-5H3,(H2,30,35). The third kappa shape index (κ3) is 5.50. The number of ether oxygens (including phenoxy) is 1. The van der Waals surface area contributed by atoms with Crippen LogP contribution >= 0.6 is 0 Å². The predicted molar refractivity (Wildman–Crippen MR) is 141 cm³/mol. The zero-order valence-corrected chi connectivity index (χ0v) is 21.9. The fraction of sp³-hybridized carbons (Fsp3) is 0.357. The molecule has 37 heavy (non-hydrogen) atoms. The van der Waals surface area contributed by atoms with Crippen molar-refractivity contribution in [3.8, 4) is 22.6 Å². The van der Waals surface area contributed by atoms with Crippen molar-refractivity contribution >= 4 is 23.5 Å². The number of anilines is 1. The van der Waals surface area contributed by atoms with Crippen molar-refractivity contribution in [2.75, 3.05) is 5.73 Å². The van der Waals surface area contributed by atoms with Crippen LogP contribution in [0.25, 0.3) is 22.6 Å². The fourth-order valence-corrected chi connectivity index (χ4v) is 4.57. The normalized spacial score (nSPS) is 14.0. The van der Waals surface area contributed by atoms with Crippen LogP contribution < -0.4 is 11.5 Å². The number of hydrogen-bond acceptors (Lipinski definition) is 6. The fourth-order valence-electron chi connectivity index (χ4n) is 4.57. The molecule has 4 N–H and O–H groups in total. The molecular weight excluding hydrogens is 470 g/mol. The summed E-state index contributed by atoms with van der Waals surface area (Å²) in [5.41, 5.74) is 16.6. The Morgan fingerprint density at radius 1 is 1.14 bits per heavy atom. The van der Waals surface area contributed by atoms with Crippen molar-refractivity contribution in [3.05, 3.63) is 59.3 Å². The zero-order valence-electron chi connectivity index (χ0n) is 21.9. The lowest BCUT2D eigenvalue weighted by Gasteiger charge is -2.25. The minimum absolute atomic E-state index is 0.0188. The maximum atomic E-state index is 13.1. The Hall–Kier alpha value is -4.14. The topological polar surface area (TPSA) is 134 Å². The van der Waals surface area contributed by atoms with E-state index in [0.29, 0.717) is 11.3 Å². The van der Waals surface area contributed by atoms with Gasteiger partial charge in [-0.05, 0) is 63.9 Å². The number of nitrogen functional groups attached to an aromatic ring is 1. The van der Waals surface area contributed by atoms with Crippen LogP contribution in [0.3, 0.4) is 0 Å². The van der Waals surface area contributed by atoms with Gasteiger partial charge < -0.3 is 25.7 Å². The Kier molecular flexibility index (Phi) is 6.82. The van der Waals surface area contributed by atoms with Crippen molar-refractivity contribution in [1.82, 2.24) is 14.5 Å².